The summed E-state index contributed by atoms with van der Waals surface area (Å²) in [5.74, 6) is -1.35. The lowest BCUT2D eigenvalue weighted by Crippen LogP contribution is -2.55. The summed E-state index contributed by atoms with van der Waals surface area (Å²) in [4.78, 5) is 105. The molecule has 0 heterocycles. The van der Waals surface area contributed by atoms with Gasteiger partial charge in [0.15, 0.2) is 0 Å². The van der Waals surface area contributed by atoms with Gasteiger partial charge < -0.3 is 29.6 Å². The Kier molecular flexibility index (Phi) is 27.9. The van der Waals surface area contributed by atoms with E-state index in [0.717, 1.165) is 54.1 Å². The predicted octanol–water partition coefficient (Wildman–Crippen LogP) is 6.04. The number of hydrogen-bond acceptors (Lipinski definition) is 14. The molecule has 0 saturated carbocycles. The first-order chi connectivity index (χ1) is 27.1. The molecule has 0 saturated heterocycles. The fraction of sp³-hybridized carbons (Fsp3) is 0.692. The van der Waals surface area contributed by atoms with E-state index >= 15 is 0 Å². The van der Waals surface area contributed by atoms with Crippen LogP contribution in [0.5, 0.6) is 0 Å². The first-order valence-corrected chi connectivity index (χ1v) is 19.3. The summed E-state index contributed by atoms with van der Waals surface area (Å²) in [6.45, 7) is 13.8. The Morgan fingerprint density at radius 2 is 1.11 bits per heavy atom. The number of urea groups is 2. The fourth-order valence-electron chi connectivity index (χ4n) is 5.30. The van der Waals surface area contributed by atoms with Crippen molar-refractivity contribution in [3.63, 3.8) is 0 Å². The van der Waals surface area contributed by atoms with Crippen LogP contribution in [0.1, 0.15) is 111 Å². The van der Waals surface area contributed by atoms with E-state index in [2.05, 4.69) is 33.8 Å². The molecule has 0 rings (SSSR count). The molecular formula is C39H62N6O12. The SMILES string of the molecule is C=CC(=O)OCCOC(=O)N(CCCCCCN=C=O)C(=O)NCCCCCC(C)(C)N(C(=O)NCCCCCCC(C)(C)N=C=O)C(=O)OCCOC(=O)C=C. The lowest BCUT2D eigenvalue weighted by atomic mass is 9.95. The average molecular weight is 807 g/mol. The molecule has 0 radical (unpaired) electrons. The maximum Gasteiger partial charge on any atom is 0.418 e. The van der Waals surface area contributed by atoms with Crippen molar-refractivity contribution in [3.8, 4) is 0 Å². The third kappa shape index (κ3) is 25.4. The van der Waals surface area contributed by atoms with E-state index < -0.39 is 47.3 Å². The van der Waals surface area contributed by atoms with Crippen molar-refractivity contribution in [3.05, 3.63) is 25.3 Å². The molecule has 320 valence electrons. The molecule has 0 bridgehead atoms. The Bertz CT molecular complexity index is 1390. The quantitative estimate of drug-likeness (QED) is 0.0211. The molecule has 57 heavy (non-hydrogen) atoms. The lowest BCUT2D eigenvalue weighted by molar-refractivity contribution is -0.139. The van der Waals surface area contributed by atoms with E-state index in [-0.39, 0.29) is 39.5 Å². The number of amides is 6. The second-order valence-corrected chi connectivity index (χ2v) is 14.1. The highest BCUT2D eigenvalue weighted by molar-refractivity contribution is 5.92. The number of ether oxygens (including phenoxy) is 4. The Labute approximate surface area is 335 Å². The summed E-state index contributed by atoms with van der Waals surface area (Å²) in [7, 11) is 0. The van der Waals surface area contributed by atoms with E-state index in [1.807, 2.05) is 13.8 Å². The van der Waals surface area contributed by atoms with Crippen LogP contribution in [0.25, 0.3) is 0 Å². The Balaban J connectivity index is 5.20. The van der Waals surface area contributed by atoms with Crippen molar-refractivity contribution < 1.29 is 57.3 Å². The molecule has 6 amide bonds. The number of imide groups is 2. The van der Waals surface area contributed by atoms with E-state index in [4.69, 9.17) is 18.9 Å². The van der Waals surface area contributed by atoms with Crippen molar-refractivity contribution in [1.82, 2.24) is 20.4 Å². The van der Waals surface area contributed by atoms with Crippen LogP contribution < -0.4 is 10.6 Å². The summed E-state index contributed by atoms with van der Waals surface area (Å²) < 4.78 is 20.1. The Hall–Kier alpha value is -5.34. The van der Waals surface area contributed by atoms with Gasteiger partial charge in [-0.15, -0.1) is 0 Å². The summed E-state index contributed by atoms with van der Waals surface area (Å²) in [5.41, 5.74) is -1.46. The number of isocyanates is 2. The monoisotopic (exact) mass is 806 g/mol. The summed E-state index contributed by atoms with van der Waals surface area (Å²) in [6.07, 6.45) is 11.8. The number of carbonyl (C=O) groups excluding carboxylic acids is 8. The Morgan fingerprint density at radius 3 is 1.68 bits per heavy atom. The highest BCUT2D eigenvalue weighted by atomic mass is 16.6. The fourth-order valence-corrected chi connectivity index (χ4v) is 5.30. The molecule has 18 nitrogen and oxygen atoms in total. The number of nitrogens with one attached hydrogen (secondary N) is 2. The zero-order chi connectivity index (χ0) is 43.0. The van der Waals surface area contributed by atoms with Gasteiger partial charge in [-0.05, 0) is 66.2 Å². The van der Waals surface area contributed by atoms with E-state index in [0.29, 0.717) is 64.5 Å². The summed E-state index contributed by atoms with van der Waals surface area (Å²) >= 11 is 0. The smallest absolute Gasteiger partial charge is 0.418 e. The molecule has 0 unspecified atom stereocenters. The van der Waals surface area contributed by atoms with Gasteiger partial charge in [0.2, 0.25) is 12.2 Å². The van der Waals surface area contributed by atoms with Crippen molar-refractivity contribution in [2.45, 2.75) is 122 Å². The third-order valence-corrected chi connectivity index (χ3v) is 8.44. The highest BCUT2D eigenvalue weighted by Gasteiger charge is 2.37. The Morgan fingerprint density at radius 1 is 0.614 bits per heavy atom. The molecular weight excluding hydrogens is 744 g/mol. The largest absolute Gasteiger partial charge is 0.459 e. The van der Waals surface area contributed by atoms with Gasteiger partial charge in [-0.25, -0.2) is 53.1 Å². The zero-order valence-corrected chi connectivity index (χ0v) is 34.1. The minimum absolute atomic E-state index is 0.0727. The molecule has 0 aliphatic rings. The summed E-state index contributed by atoms with van der Waals surface area (Å²) in [5, 5.41) is 5.52. The average Bonchev–Trinajstić information content (AvgIpc) is 3.16. The second-order valence-electron chi connectivity index (χ2n) is 14.1. The molecule has 2 N–H and O–H groups in total. The highest BCUT2D eigenvalue weighted by Crippen LogP contribution is 2.24. The number of rotatable bonds is 30. The van der Waals surface area contributed by atoms with Crippen LogP contribution in [0.3, 0.4) is 0 Å². The molecule has 0 atom stereocenters. The predicted molar refractivity (Wildman–Crippen MR) is 210 cm³/mol. The normalized spacial score (nSPS) is 10.7. The second kappa shape index (κ2) is 30.8. The molecule has 18 heteroatoms. The number of nitrogens with zero attached hydrogens (tertiary/aromatic N) is 4. The maximum absolute atomic E-state index is 13.4. The van der Waals surface area contributed by atoms with Gasteiger partial charge in [-0.1, -0.05) is 58.1 Å². The van der Waals surface area contributed by atoms with Crippen LogP contribution >= 0.6 is 0 Å². The van der Waals surface area contributed by atoms with Crippen LogP contribution in [-0.4, -0.2) is 122 Å². The van der Waals surface area contributed by atoms with Crippen molar-refractivity contribution in [1.29, 1.82) is 0 Å². The van der Waals surface area contributed by atoms with Crippen molar-refractivity contribution >= 4 is 48.3 Å². The molecule has 0 aromatic carbocycles. The van der Waals surface area contributed by atoms with Crippen LogP contribution in [0.15, 0.2) is 35.3 Å². The molecule has 0 aromatic heterocycles. The van der Waals surface area contributed by atoms with Gasteiger partial charge in [0.05, 0.1) is 17.6 Å². The number of unbranched alkanes of at least 4 members (excludes halogenated alkanes) is 8. The van der Waals surface area contributed by atoms with Crippen molar-refractivity contribution in [2.75, 3.05) is 52.6 Å². The number of carbonyl (C=O) groups is 6. The molecule has 0 aromatic rings. The van der Waals surface area contributed by atoms with Crippen LogP contribution in [0, 0.1) is 0 Å². The van der Waals surface area contributed by atoms with Crippen LogP contribution in [0.2, 0.25) is 0 Å². The molecule has 0 aliphatic heterocycles. The van der Waals surface area contributed by atoms with Crippen molar-refractivity contribution in [2.24, 2.45) is 9.98 Å². The number of esters is 2. The molecule has 0 aliphatic carbocycles. The first kappa shape index (κ1) is 51.7. The molecule has 0 spiro atoms. The van der Waals surface area contributed by atoms with Gasteiger partial charge in [0.25, 0.3) is 0 Å². The molecule has 0 fully saturated rings. The van der Waals surface area contributed by atoms with Gasteiger partial charge >= 0.3 is 36.2 Å². The summed E-state index contributed by atoms with van der Waals surface area (Å²) in [6, 6.07) is -1.30. The third-order valence-electron chi connectivity index (χ3n) is 8.44. The lowest BCUT2D eigenvalue weighted by Gasteiger charge is -2.36. The van der Waals surface area contributed by atoms with E-state index in [1.165, 1.54) is 6.08 Å². The van der Waals surface area contributed by atoms with Crippen LogP contribution in [-0.2, 0) is 38.1 Å². The number of aliphatic imine (C=N–C) groups is 2. The first-order valence-electron chi connectivity index (χ1n) is 19.3. The van der Waals surface area contributed by atoms with E-state index in [9.17, 15) is 38.4 Å². The topological polar surface area (TPSA) is 229 Å². The maximum atomic E-state index is 13.4. The van der Waals surface area contributed by atoms with E-state index in [1.54, 1.807) is 19.9 Å². The minimum Gasteiger partial charge on any atom is -0.459 e. The van der Waals surface area contributed by atoms with Gasteiger partial charge in [0.1, 0.15) is 26.4 Å². The zero-order valence-electron chi connectivity index (χ0n) is 34.1. The minimum atomic E-state index is -0.993. The number of hydrogen-bond donors (Lipinski definition) is 2. The van der Waals surface area contributed by atoms with Gasteiger partial charge in [-0.3, -0.25) is 0 Å². The van der Waals surface area contributed by atoms with Crippen LogP contribution in [0.4, 0.5) is 19.2 Å². The van der Waals surface area contributed by atoms with Gasteiger partial charge in [0, 0.05) is 31.8 Å². The standard InChI is InChI=1S/C39H62N6O12/c1-7-32(48)54-26-28-56-36(52)44(25-19-12-11-16-22-40-30-46)34(50)41-23-18-13-15-21-39(5,6)45(37(53)57-29-27-55-33(49)8-2)35(51)42-24-17-10-9-14-20-38(3,4)43-31-47/h7-8H,1-2,9-29H2,3-6H3,(H,41,50)(H,42,51). The van der Waals surface area contributed by atoms with Gasteiger partial charge in [-0.2, -0.15) is 4.99 Å².